The van der Waals surface area contributed by atoms with Crippen LogP contribution in [0.1, 0.15) is 13.3 Å². The van der Waals surface area contributed by atoms with Gasteiger partial charge in [0.15, 0.2) is 0 Å². The maximum absolute atomic E-state index is 11.8. The summed E-state index contributed by atoms with van der Waals surface area (Å²) in [5.74, 6) is -0.361. The van der Waals surface area contributed by atoms with Crippen LogP contribution < -0.4 is 0 Å². The molecular weight excluding hydrogens is 263 g/mol. The van der Waals surface area contributed by atoms with E-state index in [0.717, 1.165) is 0 Å². The lowest BCUT2D eigenvalue weighted by atomic mass is 10.3. The molecule has 0 saturated heterocycles. The second-order valence-electron chi connectivity index (χ2n) is 3.85. The molecule has 0 aromatic carbocycles. The second kappa shape index (κ2) is 9.80. The Kier molecular flexibility index (Phi) is 9.24. The minimum absolute atomic E-state index is 0.00399. The Morgan fingerprint density at radius 2 is 2.11 bits per heavy atom. The Balaban J connectivity index is 3.82. The molecule has 0 atom stereocenters. The molecule has 0 N–H and O–H groups in total. The molecule has 0 aliphatic rings. The van der Waals surface area contributed by atoms with Gasteiger partial charge in [-0.3, -0.25) is 9.69 Å². The van der Waals surface area contributed by atoms with Crippen molar-refractivity contribution >= 4 is 5.97 Å². The van der Waals surface area contributed by atoms with Crippen LogP contribution in [0, 0.1) is 0 Å². The lowest BCUT2D eigenvalue weighted by molar-refractivity contribution is -0.174. The average Bonchev–Trinajstić information content (AvgIpc) is 2.27. The number of rotatable bonds is 10. The fraction of sp³-hybridized carbons (Fsp3) is 0.750. The molecule has 4 nitrogen and oxygen atoms in total. The van der Waals surface area contributed by atoms with Crippen molar-refractivity contribution in [2.45, 2.75) is 19.5 Å². The van der Waals surface area contributed by atoms with E-state index in [9.17, 15) is 18.0 Å². The van der Waals surface area contributed by atoms with E-state index in [1.54, 1.807) is 17.9 Å². The zero-order valence-electron chi connectivity index (χ0n) is 11.0. The van der Waals surface area contributed by atoms with Crippen molar-refractivity contribution in [3.63, 3.8) is 0 Å². The molecule has 0 aromatic heterocycles. The van der Waals surface area contributed by atoms with E-state index in [4.69, 9.17) is 4.74 Å². The number of carbonyl (C=O) groups is 1. The third-order valence-corrected chi connectivity index (χ3v) is 2.07. The molecule has 0 unspecified atom stereocenters. The number of hydrogen-bond donors (Lipinski definition) is 0. The van der Waals surface area contributed by atoms with Crippen LogP contribution in [0.25, 0.3) is 0 Å². The predicted octanol–water partition coefficient (Wildman–Crippen LogP) is 2.01. The Morgan fingerprint density at radius 1 is 1.42 bits per heavy atom. The van der Waals surface area contributed by atoms with Gasteiger partial charge in [0.05, 0.1) is 13.2 Å². The first-order chi connectivity index (χ1) is 8.89. The Hall–Kier alpha value is -1.08. The summed E-state index contributed by atoms with van der Waals surface area (Å²) in [5, 5.41) is 0. The van der Waals surface area contributed by atoms with E-state index in [2.05, 4.69) is 11.3 Å². The molecule has 0 radical (unpaired) electrons. The van der Waals surface area contributed by atoms with Crippen molar-refractivity contribution in [2.75, 3.05) is 39.5 Å². The van der Waals surface area contributed by atoms with Gasteiger partial charge in [0.2, 0.25) is 0 Å². The molecule has 0 aliphatic carbocycles. The molecule has 0 bridgehead atoms. The fourth-order valence-corrected chi connectivity index (χ4v) is 1.38. The summed E-state index contributed by atoms with van der Waals surface area (Å²) in [6.45, 7) is 5.33. The quantitative estimate of drug-likeness (QED) is 0.349. The highest BCUT2D eigenvalue weighted by Gasteiger charge is 2.27. The van der Waals surface area contributed by atoms with Crippen LogP contribution in [0.5, 0.6) is 0 Å². The molecule has 7 heteroatoms. The normalized spacial score (nSPS) is 11.6. The van der Waals surface area contributed by atoms with Crippen LogP contribution in [0.4, 0.5) is 13.2 Å². The van der Waals surface area contributed by atoms with Gasteiger partial charge >= 0.3 is 12.1 Å². The summed E-state index contributed by atoms with van der Waals surface area (Å²) in [6.07, 6.45) is -2.27. The summed E-state index contributed by atoms with van der Waals surface area (Å²) < 4.78 is 44.7. The Labute approximate surface area is 111 Å². The molecule has 0 aromatic rings. The first-order valence-electron chi connectivity index (χ1n) is 6.02. The van der Waals surface area contributed by atoms with Crippen molar-refractivity contribution in [1.29, 1.82) is 0 Å². The topological polar surface area (TPSA) is 38.8 Å². The van der Waals surface area contributed by atoms with Crippen molar-refractivity contribution in [1.82, 2.24) is 4.90 Å². The standard InChI is InChI=1S/C12H20F3NO3/c1-3-6-16(9-11(17)19-4-2)7-5-8-18-10-12(13,14)15/h3H,1,4-10H2,2H3. The van der Waals surface area contributed by atoms with Crippen LogP contribution in [-0.4, -0.2) is 56.5 Å². The Morgan fingerprint density at radius 3 is 2.63 bits per heavy atom. The summed E-state index contributed by atoms with van der Waals surface area (Å²) in [5.41, 5.74) is 0. The molecule has 0 heterocycles. The average molecular weight is 283 g/mol. The van der Waals surface area contributed by atoms with Gasteiger partial charge in [0, 0.05) is 19.7 Å². The van der Waals surface area contributed by atoms with Crippen molar-refractivity contribution in [2.24, 2.45) is 0 Å². The van der Waals surface area contributed by atoms with Crippen LogP contribution in [0.2, 0.25) is 0 Å². The zero-order chi connectivity index (χ0) is 14.7. The minimum atomic E-state index is -4.30. The second-order valence-corrected chi connectivity index (χ2v) is 3.85. The van der Waals surface area contributed by atoms with Crippen molar-refractivity contribution < 1.29 is 27.4 Å². The molecule has 0 amide bonds. The summed E-state index contributed by atoms with van der Waals surface area (Å²) in [7, 11) is 0. The van der Waals surface area contributed by atoms with Gasteiger partial charge in [0.25, 0.3) is 0 Å². The van der Waals surface area contributed by atoms with Crippen LogP contribution in [0.3, 0.4) is 0 Å². The van der Waals surface area contributed by atoms with E-state index >= 15 is 0 Å². The smallest absolute Gasteiger partial charge is 0.411 e. The third kappa shape index (κ3) is 11.7. The summed E-state index contributed by atoms with van der Waals surface area (Å²) in [6, 6.07) is 0. The van der Waals surface area contributed by atoms with Gasteiger partial charge in [-0.05, 0) is 13.3 Å². The number of hydrogen-bond acceptors (Lipinski definition) is 4. The fourth-order valence-electron chi connectivity index (χ4n) is 1.38. The van der Waals surface area contributed by atoms with Crippen molar-refractivity contribution in [3.8, 4) is 0 Å². The van der Waals surface area contributed by atoms with E-state index < -0.39 is 12.8 Å². The number of halogens is 3. The van der Waals surface area contributed by atoms with Gasteiger partial charge in [0.1, 0.15) is 6.61 Å². The van der Waals surface area contributed by atoms with Gasteiger partial charge in [-0.2, -0.15) is 13.2 Å². The number of carbonyl (C=O) groups excluding carboxylic acids is 1. The third-order valence-electron chi connectivity index (χ3n) is 2.07. The predicted molar refractivity (Wildman–Crippen MR) is 64.8 cm³/mol. The first-order valence-corrected chi connectivity index (χ1v) is 6.02. The van der Waals surface area contributed by atoms with Gasteiger partial charge in [-0.1, -0.05) is 6.08 Å². The van der Waals surface area contributed by atoms with Gasteiger partial charge in [-0.15, -0.1) is 6.58 Å². The van der Waals surface area contributed by atoms with Crippen LogP contribution in [0.15, 0.2) is 12.7 Å². The lowest BCUT2D eigenvalue weighted by Gasteiger charge is -2.19. The van der Waals surface area contributed by atoms with E-state index in [1.807, 2.05) is 0 Å². The summed E-state index contributed by atoms with van der Waals surface area (Å²) >= 11 is 0. The number of nitrogens with zero attached hydrogens (tertiary/aromatic N) is 1. The molecule has 0 rings (SSSR count). The van der Waals surface area contributed by atoms with Crippen LogP contribution >= 0.6 is 0 Å². The SMILES string of the molecule is C=CCN(CCCOCC(F)(F)F)CC(=O)OCC. The molecule has 0 fully saturated rings. The molecule has 0 saturated carbocycles. The van der Waals surface area contributed by atoms with Gasteiger partial charge < -0.3 is 9.47 Å². The monoisotopic (exact) mass is 283 g/mol. The largest absolute Gasteiger partial charge is 0.465 e. The molecule has 19 heavy (non-hydrogen) atoms. The van der Waals surface area contributed by atoms with E-state index in [1.165, 1.54) is 0 Å². The van der Waals surface area contributed by atoms with E-state index in [-0.39, 0.29) is 19.1 Å². The number of ether oxygens (including phenoxy) is 2. The lowest BCUT2D eigenvalue weighted by Crippen LogP contribution is -2.32. The first kappa shape index (κ1) is 17.9. The molecule has 0 aliphatic heterocycles. The maximum atomic E-state index is 11.8. The molecule has 112 valence electrons. The highest BCUT2D eigenvalue weighted by molar-refractivity contribution is 5.71. The number of esters is 1. The highest BCUT2D eigenvalue weighted by atomic mass is 19.4. The Bertz CT molecular complexity index is 269. The van der Waals surface area contributed by atoms with Crippen LogP contribution in [-0.2, 0) is 14.3 Å². The minimum Gasteiger partial charge on any atom is -0.465 e. The number of alkyl halides is 3. The maximum Gasteiger partial charge on any atom is 0.411 e. The summed E-state index contributed by atoms with van der Waals surface area (Å²) in [4.78, 5) is 13.0. The molecular formula is C12H20F3NO3. The van der Waals surface area contributed by atoms with Crippen molar-refractivity contribution in [3.05, 3.63) is 12.7 Å². The zero-order valence-corrected chi connectivity index (χ0v) is 11.0. The van der Waals surface area contributed by atoms with E-state index in [0.29, 0.717) is 26.1 Å². The highest BCUT2D eigenvalue weighted by Crippen LogP contribution is 2.14. The molecule has 0 spiro atoms. The van der Waals surface area contributed by atoms with Gasteiger partial charge in [-0.25, -0.2) is 0 Å².